The summed E-state index contributed by atoms with van der Waals surface area (Å²) in [5.74, 6) is 2.05. The molecule has 3 rings (SSSR count). The van der Waals surface area contributed by atoms with Crippen LogP contribution in [-0.4, -0.2) is 45.2 Å². The van der Waals surface area contributed by atoms with Crippen molar-refractivity contribution in [3.8, 4) is 17.2 Å². The number of likely N-dealkylation sites (tertiary alicyclic amines) is 1. The van der Waals surface area contributed by atoms with Gasteiger partial charge in [-0.1, -0.05) is 12.1 Å². The Kier molecular flexibility index (Phi) is 6.19. The van der Waals surface area contributed by atoms with Crippen LogP contribution in [-0.2, 0) is 4.79 Å². The third kappa shape index (κ3) is 4.52. The normalized spacial score (nSPS) is 16.8. The summed E-state index contributed by atoms with van der Waals surface area (Å²) in [7, 11) is 4.84. The molecule has 0 unspecified atom stereocenters. The SMILES string of the molecule is COc1ccc([C@H]2CCCN2CC(=O)Nc2cc(OC)ccc2OC)cc1. The highest BCUT2D eigenvalue weighted by atomic mass is 16.5. The first kappa shape index (κ1) is 19.0. The molecule has 0 bridgehead atoms. The minimum absolute atomic E-state index is 0.0676. The Balaban J connectivity index is 1.67. The Morgan fingerprint density at radius 3 is 2.41 bits per heavy atom. The second kappa shape index (κ2) is 8.77. The highest BCUT2D eigenvalue weighted by Gasteiger charge is 2.27. The zero-order valence-electron chi connectivity index (χ0n) is 16.0. The van der Waals surface area contributed by atoms with Gasteiger partial charge >= 0.3 is 0 Å². The number of ether oxygens (including phenoxy) is 3. The van der Waals surface area contributed by atoms with Crippen LogP contribution in [0, 0.1) is 0 Å². The van der Waals surface area contributed by atoms with Crippen LogP contribution in [0.5, 0.6) is 17.2 Å². The Morgan fingerprint density at radius 2 is 1.74 bits per heavy atom. The summed E-state index contributed by atoms with van der Waals surface area (Å²) in [6, 6.07) is 13.7. The van der Waals surface area contributed by atoms with Crippen molar-refractivity contribution in [3.05, 3.63) is 48.0 Å². The summed E-state index contributed by atoms with van der Waals surface area (Å²) in [6.07, 6.45) is 2.12. The van der Waals surface area contributed by atoms with E-state index >= 15 is 0 Å². The van der Waals surface area contributed by atoms with Crippen LogP contribution in [0.3, 0.4) is 0 Å². The minimum atomic E-state index is -0.0676. The van der Waals surface area contributed by atoms with Crippen molar-refractivity contribution in [2.24, 2.45) is 0 Å². The Hall–Kier alpha value is -2.73. The lowest BCUT2D eigenvalue weighted by atomic mass is 10.0. The van der Waals surface area contributed by atoms with Gasteiger partial charge in [-0.2, -0.15) is 0 Å². The molecule has 2 aromatic rings. The van der Waals surface area contributed by atoms with Crippen LogP contribution >= 0.6 is 0 Å². The van der Waals surface area contributed by atoms with Crippen molar-refractivity contribution in [3.63, 3.8) is 0 Å². The predicted molar refractivity (Wildman–Crippen MR) is 105 cm³/mol. The van der Waals surface area contributed by atoms with Crippen molar-refractivity contribution in [1.29, 1.82) is 0 Å². The van der Waals surface area contributed by atoms with Gasteiger partial charge in [0.25, 0.3) is 0 Å². The molecule has 0 aromatic heterocycles. The molecule has 6 heteroatoms. The van der Waals surface area contributed by atoms with E-state index in [0.29, 0.717) is 23.7 Å². The number of methoxy groups -OCH3 is 3. The van der Waals surface area contributed by atoms with Crippen molar-refractivity contribution in [2.45, 2.75) is 18.9 Å². The molecular formula is C21H26N2O4. The fourth-order valence-corrected chi connectivity index (χ4v) is 3.50. The summed E-state index contributed by atoms with van der Waals surface area (Å²) >= 11 is 0. The lowest BCUT2D eigenvalue weighted by Crippen LogP contribution is -2.33. The van der Waals surface area contributed by atoms with Crippen molar-refractivity contribution >= 4 is 11.6 Å². The second-order valence-electron chi connectivity index (χ2n) is 6.52. The van der Waals surface area contributed by atoms with Gasteiger partial charge in [-0.05, 0) is 49.2 Å². The average molecular weight is 370 g/mol. The van der Waals surface area contributed by atoms with E-state index in [1.807, 2.05) is 12.1 Å². The number of carbonyl (C=O) groups is 1. The van der Waals surface area contributed by atoms with Crippen molar-refractivity contribution in [2.75, 3.05) is 39.7 Å². The number of hydrogen-bond acceptors (Lipinski definition) is 5. The zero-order valence-corrected chi connectivity index (χ0v) is 16.0. The number of hydrogen-bond donors (Lipinski definition) is 1. The number of amides is 1. The van der Waals surface area contributed by atoms with Crippen LogP contribution in [0.25, 0.3) is 0 Å². The molecule has 0 aliphatic carbocycles. The number of anilines is 1. The quantitative estimate of drug-likeness (QED) is 0.808. The van der Waals surface area contributed by atoms with Gasteiger partial charge in [-0.15, -0.1) is 0 Å². The monoisotopic (exact) mass is 370 g/mol. The number of rotatable bonds is 7. The summed E-state index contributed by atoms with van der Waals surface area (Å²) in [5.41, 5.74) is 1.82. The van der Waals surface area contributed by atoms with E-state index in [0.717, 1.165) is 25.1 Å². The summed E-state index contributed by atoms with van der Waals surface area (Å²) in [5, 5.41) is 2.95. The summed E-state index contributed by atoms with van der Waals surface area (Å²) < 4.78 is 15.8. The zero-order chi connectivity index (χ0) is 19.2. The van der Waals surface area contributed by atoms with Gasteiger partial charge in [-0.3, -0.25) is 9.69 Å². The number of carbonyl (C=O) groups excluding carboxylic acids is 1. The van der Waals surface area contributed by atoms with Crippen LogP contribution in [0.2, 0.25) is 0 Å². The maximum atomic E-state index is 12.6. The van der Waals surface area contributed by atoms with Crippen LogP contribution in [0.1, 0.15) is 24.4 Å². The molecule has 27 heavy (non-hydrogen) atoms. The smallest absolute Gasteiger partial charge is 0.238 e. The third-order valence-electron chi connectivity index (χ3n) is 4.89. The third-order valence-corrected chi connectivity index (χ3v) is 4.89. The fourth-order valence-electron chi connectivity index (χ4n) is 3.50. The van der Waals surface area contributed by atoms with Crippen LogP contribution < -0.4 is 19.5 Å². The van der Waals surface area contributed by atoms with Gasteiger partial charge in [0, 0.05) is 12.1 Å². The first-order valence-electron chi connectivity index (χ1n) is 9.04. The molecule has 144 valence electrons. The van der Waals surface area contributed by atoms with Gasteiger partial charge in [0.1, 0.15) is 17.2 Å². The number of nitrogens with one attached hydrogen (secondary N) is 1. The molecule has 1 atom stereocenters. The van der Waals surface area contributed by atoms with E-state index in [1.54, 1.807) is 39.5 Å². The average Bonchev–Trinajstić information content (AvgIpc) is 3.15. The fraction of sp³-hybridized carbons (Fsp3) is 0.381. The van der Waals surface area contributed by atoms with Gasteiger partial charge < -0.3 is 19.5 Å². The van der Waals surface area contributed by atoms with E-state index in [9.17, 15) is 4.79 Å². The van der Waals surface area contributed by atoms with E-state index in [4.69, 9.17) is 14.2 Å². The first-order valence-corrected chi connectivity index (χ1v) is 9.04. The second-order valence-corrected chi connectivity index (χ2v) is 6.52. The van der Waals surface area contributed by atoms with E-state index < -0.39 is 0 Å². The molecule has 1 aliphatic rings. The summed E-state index contributed by atoms with van der Waals surface area (Å²) in [6.45, 7) is 1.23. The van der Waals surface area contributed by atoms with Crippen LogP contribution in [0.15, 0.2) is 42.5 Å². The van der Waals surface area contributed by atoms with Gasteiger partial charge in [0.15, 0.2) is 0 Å². The summed E-state index contributed by atoms with van der Waals surface area (Å²) in [4.78, 5) is 14.9. The highest BCUT2D eigenvalue weighted by molar-refractivity contribution is 5.94. The number of nitrogens with zero attached hydrogens (tertiary/aromatic N) is 1. The van der Waals surface area contributed by atoms with E-state index in [-0.39, 0.29) is 11.9 Å². The van der Waals surface area contributed by atoms with E-state index in [1.165, 1.54) is 5.56 Å². The molecule has 1 aliphatic heterocycles. The lowest BCUT2D eigenvalue weighted by Gasteiger charge is -2.24. The molecule has 1 N–H and O–H groups in total. The Labute approximate surface area is 160 Å². The molecule has 1 amide bonds. The maximum Gasteiger partial charge on any atom is 0.238 e. The van der Waals surface area contributed by atoms with Gasteiger partial charge in [0.2, 0.25) is 5.91 Å². The maximum absolute atomic E-state index is 12.6. The van der Waals surface area contributed by atoms with Crippen molar-refractivity contribution in [1.82, 2.24) is 4.90 Å². The minimum Gasteiger partial charge on any atom is -0.497 e. The molecule has 2 aromatic carbocycles. The molecule has 1 heterocycles. The molecule has 0 spiro atoms. The molecule has 6 nitrogen and oxygen atoms in total. The standard InChI is InChI=1S/C21H26N2O4/c1-25-16-8-6-15(7-9-16)19-5-4-12-23(19)14-21(24)22-18-13-17(26-2)10-11-20(18)27-3/h6-11,13,19H,4-5,12,14H2,1-3H3,(H,22,24)/t19-/m1/s1. The van der Waals surface area contributed by atoms with E-state index in [2.05, 4.69) is 22.3 Å². The largest absolute Gasteiger partial charge is 0.497 e. The number of benzene rings is 2. The predicted octanol–water partition coefficient (Wildman–Crippen LogP) is 3.49. The van der Waals surface area contributed by atoms with Crippen LogP contribution in [0.4, 0.5) is 5.69 Å². The Bertz CT molecular complexity index is 776. The lowest BCUT2D eigenvalue weighted by molar-refractivity contribution is -0.117. The van der Waals surface area contributed by atoms with Gasteiger partial charge in [0.05, 0.1) is 33.6 Å². The Morgan fingerprint density at radius 1 is 1.04 bits per heavy atom. The molecule has 0 saturated carbocycles. The van der Waals surface area contributed by atoms with Crippen molar-refractivity contribution < 1.29 is 19.0 Å². The van der Waals surface area contributed by atoms with Gasteiger partial charge in [-0.25, -0.2) is 0 Å². The molecule has 1 saturated heterocycles. The topological polar surface area (TPSA) is 60.0 Å². The first-order chi connectivity index (χ1) is 13.1. The molecule has 0 radical (unpaired) electrons. The highest BCUT2D eigenvalue weighted by Crippen LogP contribution is 2.33. The molecule has 1 fully saturated rings. The molecular weight excluding hydrogens is 344 g/mol.